The second-order valence-corrected chi connectivity index (χ2v) is 6.98. The third kappa shape index (κ3) is 3.86. The maximum Gasteiger partial charge on any atom is 0.321 e. The number of benzene rings is 2. The molecule has 1 aliphatic rings. The van der Waals surface area contributed by atoms with Gasteiger partial charge in [-0.1, -0.05) is 24.3 Å². The van der Waals surface area contributed by atoms with Crippen LogP contribution in [0.15, 0.2) is 59.0 Å². The number of anilines is 2. The van der Waals surface area contributed by atoms with E-state index in [9.17, 15) is 4.79 Å². The van der Waals surface area contributed by atoms with Crippen molar-refractivity contribution in [2.45, 2.75) is 13.8 Å². The normalized spacial score (nSPS) is 14.2. The summed E-state index contributed by atoms with van der Waals surface area (Å²) in [6.45, 7) is 6.85. The third-order valence-corrected chi connectivity index (χ3v) is 5.08. The van der Waals surface area contributed by atoms with Crippen molar-refractivity contribution in [1.82, 2.24) is 9.88 Å². The van der Waals surface area contributed by atoms with Crippen molar-refractivity contribution in [2.75, 3.05) is 36.4 Å². The highest BCUT2D eigenvalue weighted by atomic mass is 16.4. The number of carbonyl (C=O) groups is 1. The summed E-state index contributed by atoms with van der Waals surface area (Å²) < 4.78 is 5.69. The van der Waals surface area contributed by atoms with Crippen molar-refractivity contribution >= 4 is 17.4 Å². The lowest BCUT2D eigenvalue weighted by Crippen LogP contribution is -2.50. The van der Waals surface area contributed by atoms with Crippen molar-refractivity contribution in [3.05, 3.63) is 66.1 Å². The first-order valence-electron chi connectivity index (χ1n) is 9.50. The molecule has 0 spiro atoms. The lowest BCUT2D eigenvalue weighted by Gasteiger charge is -2.36. The molecule has 0 saturated carbocycles. The molecule has 1 saturated heterocycles. The van der Waals surface area contributed by atoms with Crippen LogP contribution in [0.5, 0.6) is 0 Å². The quantitative estimate of drug-likeness (QED) is 0.740. The predicted octanol–water partition coefficient (Wildman–Crippen LogP) is 4.31. The molecule has 3 aromatic rings. The Morgan fingerprint density at radius 3 is 2.43 bits per heavy atom. The zero-order valence-corrected chi connectivity index (χ0v) is 16.2. The Kier molecular flexibility index (Phi) is 5.02. The van der Waals surface area contributed by atoms with E-state index in [1.54, 1.807) is 0 Å². The highest BCUT2D eigenvalue weighted by Crippen LogP contribution is 2.24. The monoisotopic (exact) mass is 376 g/mol. The molecule has 4 rings (SSSR count). The van der Waals surface area contributed by atoms with Gasteiger partial charge in [0.25, 0.3) is 0 Å². The minimum absolute atomic E-state index is 0.0790. The van der Waals surface area contributed by atoms with Crippen molar-refractivity contribution < 1.29 is 9.21 Å². The first kappa shape index (κ1) is 18.1. The first-order chi connectivity index (χ1) is 13.6. The maximum absolute atomic E-state index is 12.7. The highest BCUT2D eigenvalue weighted by Gasteiger charge is 2.21. The minimum atomic E-state index is -0.0790. The summed E-state index contributed by atoms with van der Waals surface area (Å²) in [5.41, 5.74) is 3.66. The Hall–Kier alpha value is -3.28. The van der Waals surface area contributed by atoms with Crippen molar-refractivity contribution in [2.24, 2.45) is 0 Å². The molecular formula is C22H24N4O2. The molecule has 1 fully saturated rings. The lowest BCUT2D eigenvalue weighted by atomic mass is 10.2. The second-order valence-electron chi connectivity index (χ2n) is 6.98. The molecule has 28 heavy (non-hydrogen) atoms. The number of aryl methyl sites for hydroxylation is 2. The number of hydrogen-bond acceptors (Lipinski definition) is 4. The molecular weight excluding hydrogens is 352 g/mol. The Morgan fingerprint density at radius 1 is 1.00 bits per heavy atom. The van der Waals surface area contributed by atoms with E-state index in [-0.39, 0.29) is 6.03 Å². The number of amides is 2. The van der Waals surface area contributed by atoms with Crippen LogP contribution in [-0.2, 0) is 0 Å². The summed E-state index contributed by atoms with van der Waals surface area (Å²) in [6, 6.07) is 17.8. The number of hydrogen-bond donors (Lipinski definition) is 1. The average molecular weight is 376 g/mol. The Morgan fingerprint density at radius 2 is 1.75 bits per heavy atom. The van der Waals surface area contributed by atoms with E-state index in [2.05, 4.69) is 27.3 Å². The highest BCUT2D eigenvalue weighted by molar-refractivity contribution is 5.90. The standard InChI is InChI=1S/C22H24N4O2/c1-16-17(2)28-21(23-16)18-7-6-8-19(15-18)24-22(27)26-13-11-25(12-14-26)20-9-4-3-5-10-20/h3-10,15H,11-14H2,1-2H3,(H,24,27). The molecule has 1 aliphatic heterocycles. The number of nitrogens with zero attached hydrogens (tertiary/aromatic N) is 3. The Bertz CT molecular complexity index is 940. The molecule has 0 radical (unpaired) electrons. The summed E-state index contributed by atoms with van der Waals surface area (Å²) >= 11 is 0. The van der Waals surface area contributed by atoms with Crippen molar-refractivity contribution in [3.63, 3.8) is 0 Å². The number of carbonyl (C=O) groups excluding carboxylic acids is 1. The molecule has 6 nitrogen and oxygen atoms in total. The topological polar surface area (TPSA) is 61.6 Å². The summed E-state index contributed by atoms with van der Waals surface area (Å²) in [5, 5.41) is 3.00. The molecule has 1 aromatic heterocycles. The molecule has 0 bridgehead atoms. The SMILES string of the molecule is Cc1nc(-c2cccc(NC(=O)N3CCN(c4ccccc4)CC3)c2)oc1C. The van der Waals surface area contributed by atoms with Crippen LogP contribution >= 0.6 is 0 Å². The van der Waals surface area contributed by atoms with Gasteiger partial charge in [-0.2, -0.15) is 0 Å². The van der Waals surface area contributed by atoms with E-state index in [4.69, 9.17) is 4.42 Å². The van der Waals surface area contributed by atoms with Gasteiger partial charge in [-0.05, 0) is 44.2 Å². The minimum Gasteiger partial charge on any atom is -0.441 e. The number of rotatable bonds is 3. The molecule has 0 aliphatic carbocycles. The Balaban J connectivity index is 1.38. The largest absolute Gasteiger partial charge is 0.441 e. The zero-order chi connectivity index (χ0) is 19.5. The van der Waals surface area contributed by atoms with Crippen LogP contribution in [0.1, 0.15) is 11.5 Å². The van der Waals surface area contributed by atoms with E-state index >= 15 is 0 Å². The van der Waals surface area contributed by atoms with E-state index in [0.29, 0.717) is 19.0 Å². The number of oxazole rings is 1. The average Bonchev–Trinajstić information content (AvgIpc) is 3.07. The van der Waals surface area contributed by atoms with Gasteiger partial charge in [0.15, 0.2) is 0 Å². The molecule has 2 amide bonds. The summed E-state index contributed by atoms with van der Waals surface area (Å²) in [7, 11) is 0. The van der Waals surface area contributed by atoms with Gasteiger partial charge in [0.1, 0.15) is 5.76 Å². The van der Waals surface area contributed by atoms with Gasteiger partial charge in [-0.3, -0.25) is 0 Å². The fourth-order valence-corrected chi connectivity index (χ4v) is 3.34. The van der Waals surface area contributed by atoms with Crippen LogP contribution in [0.4, 0.5) is 16.2 Å². The van der Waals surface area contributed by atoms with Gasteiger partial charge in [-0.25, -0.2) is 9.78 Å². The number of urea groups is 1. The van der Waals surface area contributed by atoms with E-state index in [1.165, 1.54) is 5.69 Å². The maximum atomic E-state index is 12.7. The lowest BCUT2D eigenvalue weighted by molar-refractivity contribution is 0.208. The molecule has 6 heteroatoms. The molecule has 0 unspecified atom stereocenters. The molecule has 0 atom stereocenters. The van der Waals surface area contributed by atoms with E-state index in [0.717, 1.165) is 35.8 Å². The van der Waals surface area contributed by atoms with Gasteiger partial charge in [0.2, 0.25) is 5.89 Å². The molecule has 2 heterocycles. The van der Waals surface area contributed by atoms with Gasteiger partial charge >= 0.3 is 6.03 Å². The fraction of sp³-hybridized carbons (Fsp3) is 0.273. The zero-order valence-electron chi connectivity index (χ0n) is 16.2. The van der Waals surface area contributed by atoms with Crippen molar-refractivity contribution in [1.29, 1.82) is 0 Å². The smallest absolute Gasteiger partial charge is 0.321 e. The number of nitrogens with one attached hydrogen (secondary N) is 1. The first-order valence-corrected chi connectivity index (χ1v) is 9.50. The van der Waals surface area contributed by atoms with Crippen LogP contribution in [0, 0.1) is 13.8 Å². The molecule has 1 N–H and O–H groups in total. The van der Waals surface area contributed by atoms with Crippen LogP contribution in [0.2, 0.25) is 0 Å². The van der Waals surface area contributed by atoms with Gasteiger partial charge in [0.05, 0.1) is 5.69 Å². The Labute approximate surface area is 164 Å². The van der Waals surface area contributed by atoms with Gasteiger partial charge in [0, 0.05) is 43.1 Å². The summed E-state index contributed by atoms with van der Waals surface area (Å²) in [5.74, 6) is 1.38. The van der Waals surface area contributed by atoms with E-state index < -0.39 is 0 Å². The summed E-state index contributed by atoms with van der Waals surface area (Å²) in [6.07, 6.45) is 0. The molecule has 2 aromatic carbocycles. The number of para-hydroxylation sites is 1. The summed E-state index contributed by atoms with van der Waals surface area (Å²) in [4.78, 5) is 21.3. The number of aromatic nitrogens is 1. The van der Waals surface area contributed by atoms with Crippen LogP contribution in [0.3, 0.4) is 0 Å². The third-order valence-electron chi connectivity index (χ3n) is 5.08. The van der Waals surface area contributed by atoms with Crippen LogP contribution in [-0.4, -0.2) is 42.1 Å². The van der Waals surface area contributed by atoms with E-state index in [1.807, 2.05) is 61.2 Å². The van der Waals surface area contributed by atoms with Gasteiger partial charge in [-0.15, -0.1) is 0 Å². The predicted molar refractivity (Wildman–Crippen MR) is 111 cm³/mol. The number of piperazine rings is 1. The van der Waals surface area contributed by atoms with Crippen LogP contribution < -0.4 is 10.2 Å². The second kappa shape index (κ2) is 7.76. The van der Waals surface area contributed by atoms with Crippen molar-refractivity contribution in [3.8, 4) is 11.5 Å². The van der Waals surface area contributed by atoms with Crippen LogP contribution in [0.25, 0.3) is 11.5 Å². The van der Waals surface area contributed by atoms with Gasteiger partial charge < -0.3 is 19.5 Å². The fourth-order valence-electron chi connectivity index (χ4n) is 3.34. The molecule has 144 valence electrons.